The number of pyridine rings is 1. The van der Waals surface area contributed by atoms with Gasteiger partial charge in [-0.05, 0) is 24.8 Å². The van der Waals surface area contributed by atoms with E-state index in [1.807, 2.05) is 12.1 Å². The average Bonchev–Trinajstić information content (AvgIpc) is 2.39. The van der Waals surface area contributed by atoms with Crippen LogP contribution in [0.5, 0.6) is 0 Å². The van der Waals surface area contributed by atoms with Crippen molar-refractivity contribution in [1.82, 2.24) is 4.98 Å². The summed E-state index contributed by atoms with van der Waals surface area (Å²) in [6, 6.07) is 4.05. The highest BCUT2D eigenvalue weighted by molar-refractivity contribution is 5.53. The molecule has 0 aliphatic carbocycles. The first-order valence-corrected chi connectivity index (χ1v) is 6.01. The van der Waals surface area contributed by atoms with E-state index < -0.39 is 0 Å². The largest absolute Gasteiger partial charge is 0.371 e. The van der Waals surface area contributed by atoms with Gasteiger partial charge in [0.05, 0.1) is 0 Å². The van der Waals surface area contributed by atoms with Crippen LogP contribution in [0.3, 0.4) is 0 Å². The van der Waals surface area contributed by atoms with E-state index >= 15 is 0 Å². The SMILES string of the molecule is CCC1CCN(c2ccnc(NN)c2)CC1. The van der Waals surface area contributed by atoms with E-state index in [0.717, 1.165) is 24.8 Å². The van der Waals surface area contributed by atoms with Crippen molar-refractivity contribution in [1.29, 1.82) is 0 Å². The summed E-state index contributed by atoms with van der Waals surface area (Å²) < 4.78 is 0. The van der Waals surface area contributed by atoms with E-state index in [2.05, 4.69) is 22.2 Å². The second-order valence-corrected chi connectivity index (χ2v) is 4.38. The van der Waals surface area contributed by atoms with E-state index in [9.17, 15) is 0 Å². The highest BCUT2D eigenvalue weighted by Crippen LogP contribution is 2.25. The zero-order valence-electron chi connectivity index (χ0n) is 9.82. The maximum Gasteiger partial charge on any atom is 0.141 e. The molecule has 0 unspecified atom stereocenters. The van der Waals surface area contributed by atoms with Crippen molar-refractivity contribution in [3.8, 4) is 0 Å². The Balaban J connectivity index is 2.02. The number of piperidine rings is 1. The van der Waals surface area contributed by atoms with Gasteiger partial charge in [-0.25, -0.2) is 10.8 Å². The number of anilines is 2. The maximum absolute atomic E-state index is 5.36. The number of nitrogen functional groups attached to an aromatic ring is 1. The number of nitrogens with one attached hydrogen (secondary N) is 1. The first kappa shape index (κ1) is 11.2. The van der Waals surface area contributed by atoms with Crippen LogP contribution < -0.4 is 16.2 Å². The molecule has 0 atom stereocenters. The fourth-order valence-corrected chi connectivity index (χ4v) is 2.29. The standard InChI is InChI=1S/C12H20N4/c1-2-10-4-7-16(8-5-10)11-3-6-14-12(9-11)15-13/h3,6,9-10H,2,4-5,7-8,13H2,1H3,(H,14,15). The quantitative estimate of drug-likeness (QED) is 0.604. The van der Waals surface area contributed by atoms with Gasteiger partial charge in [-0.3, -0.25) is 0 Å². The van der Waals surface area contributed by atoms with Crippen LogP contribution in [0.15, 0.2) is 18.3 Å². The number of nitrogens with two attached hydrogens (primary N) is 1. The van der Waals surface area contributed by atoms with Crippen molar-refractivity contribution in [2.24, 2.45) is 11.8 Å². The lowest BCUT2D eigenvalue weighted by Gasteiger charge is -2.33. The van der Waals surface area contributed by atoms with Crippen molar-refractivity contribution < 1.29 is 0 Å². The summed E-state index contributed by atoms with van der Waals surface area (Å²) in [5, 5.41) is 0. The minimum absolute atomic E-state index is 0.732. The van der Waals surface area contributed by atoms with Crippen LogP contribution >= 0.6 is 0 Å². The molecular weight excluding hydrogens is 200 g/mol. The minimum Gasteiger partial charge on any atom is -0.371 e. The first-order valence-electron chi connectivity index (χ1n) is 6.01. The summed E-state index contributed by atoms with van der Waals surface area (Å²) in [6.07, 6.45) is 5.70. The van der Waals surface area contributed by atoms with Gasteiger partial charge in [0.2, 0.25) is 0 Å². The van der Waals surface area contributed by atoms with Crippen LogP contribution in [-0.4, -0.2) is 18.1 Å². The third-order valence-electron chi connectivity index (χ3n) is 3.45. The monoisotopic (exact) mass is 220 g/mol. The number of rotatable bonds is 3. The summed E-state index contributed by atoms with van der Waals surface area (Å²) in [5.41, 5.74) is 3.81. The number of hydrazine groups is 1. The zero-order chi connectivity index (χ0) is 11.4. The molecule has 0 spiro atoms. The molecule has 3 N–H and O–H groups in total. The van der Waals surface area contributed by atoms with Crippen LogP contribution in [-0.2, 0) is 0 Å². The summed E-state index contributed by atoms with van der Waals surface area (Å²) in [5.74, 6) is 7.00. The van der Waals surface area contributed by atoms with E-state index in [-0.39, 0.29) is 0 Å². The van der Waals surface area contributed by atoms with E-state index in [4.69, 9.17) is 5.84 Å². The molecular formula is C12H20N4. The fraction of sp³-hybridized carbons (Fsp3) is 0.583. The van der Waals surface area contributed by atoms with Crippen molar-refractivity contribution in [3.63, 3.8) is 0 Å². The van der Waals surface area contributed by atoms with Gasteiger partial charge in [0.25, 0.3) is 0 Å². The molecule has 4 heteroatoms. The Bertz CT molecular complexity index is 332. The van der Waals surface area contributed by atoms with Gasteiger partial charge in [0.1, 0.15) is 5.82 Å². The summed E-state index contributed by atoms with van der Waals surface area (Å²) in [6.45, 7) is 4.57. The van der Waals surface area contributed by atoms with Gasteiger partial charge >= 0.3 is 0 Å². The molecule has 16 heavy (non-hydrogen) atoms. The van der Waals surface area contributed by atoms with E-state index in [1.54, 1.807) is 6.20 Å². The Morgan fingerprint density at radius 1 is 1.50 bits per heavy atom. The summed E-state index contributed by atoms with van der Waals surface area (Å²) in [7, 11) is 0. The molecule has 0 aromatic carbocycles. The Morgan fingerprint density at radius 3 is 2.88 bits per heavy atom. The molecule has 1 saturated heterocycles. The van der Waals surface area contributed by atoms with Crippen molar-refractivity contribution in [2.45, 2.75) is 26.2 Å². The molecule has 0 saturated carbocycles. The molecule has 4 nitrogen and oxygen atoms in total. The number of hydrogen-bond acceptors (Lipinski definition) is 4. The Hall–Kier alpha value is -1.29. The molecule has 0 amide bonds. The van der Waals surface area contributed by atoms with Gasteiger partial charge in [0, 0.05) is 31.0 Å². The molecule has 1 aromatic rings. The summed E-state index contributed by atoms with van der Waals surface area (Å²) in [4.78, 5) is 6.53. The van der Waals surface area contributed by atoms with Gasteiger partial charge in [-0.2, -0.15) is 0 Å². The molecule has 1 aliphatic rings. The molecule has 0 radical (unpaired) electrons. The zero-order valence-corrected chi connectivity index (χ0v) is 9.82. The molecule has 1 fully saturated rings. The van der Waals surface area contributed by atoms with E-state index in [1.165, 1.54) is 24.9 Å². The van der Waals surface area contributed by atoms with Crippen LogP contribution in [0.1, 0.15) is 26.2 Å². The van der Waals surface area contributed by atoms with Crippen LogP contribution in [0.25, 0.3) is 0 Å². The second kappa shape index (κ2) is 5.16. The predicted molar refractivity (Wildman–Crippen MR) is 67.3 cm³/mol. The Morgan fingerprint density at radius 2 is 2.25 bits per heavy atom. The topological polar surface area (TPSA) is 54.2 Å². The Labute approximate surface area is 96.8 Å². The number of nitrogens with zero attached hydrogens (tertiary/aromatic N) is 2. The number of hydrogen-bond donors (Lipinski definition) is 2. The molecule has 88 valence electrons. The van der Waals surface area contributed by atoms with E-state index in [0.29, 0.717) is 0 Å². The first-order chi connectivity index (χ1) is 7.83. The molecule has 1 aliphatic heterocycles. The molecule has 2 heterocycles. The molecule has 0 bridgehead atoms. The van der Waals surface area contributed by atoms with Gasteiger partial charge < -0.3 is 10.3 Å². The fourth-order valence-electron chi connectivity index (χ4n) is 2.29. The third-order valence-corrected chi connectivity index (χ3v) is 3.45. The van der Waals surface area contributed by atoms with Crippen LogP contribution in [0.4, 0.5) is 11.5 Å². The predicted octanol–water partition coefficient (Wildman–Crippen LogP) is 1.99. The van der Waals surface area contributed by atoms with Gasteiger partial charge in [-0.15, -0.1) is 0 Å². The molecule has 1 aromatic heterocycles. The Kier molecular flexibility index (Phi) is 3.62. The highest BCUT2D eigenvalue weighted by atomic mass is 15.3. The lowest BCUT2D eigenvalue weighted by molar-refractivity contribution is 0.395. The lowest BCUT2D eigenvalue weighted by atomic mass is 9.94. The second-order valence-electron chi connectivity index (χ2n) is 4.38. The minimum atomic E-state index is 0.732. The normalized spacial score (nSPS) is 17.5. The van der Waals surface area contributed by atoms with Crippen LogP contribution in [0.2, 0.25) is 0 Å². The van der Waals surface area contributed by atoms with Crippen molar-refractivity contribution >= 4 is 11.5 Å². The number of aromatic nitrogens is 1. The summed E-state index contributed by atoms with van der Waals surface area (Å²) >= 11 is 0. The maximum atomic E-state index is 5.36. The van der Waals surface area contributed by atoms with Crippen molar-refractivity contribution in [3.05, 3.63) is 18.3 Å². The average molecular weight is 220 g/mol. The smallest absolute Gasteiger partial charge is 0.141 e. The van der Waals surface area contributed by atoms with Crippen LogP contribution in [0, 0.1) is 5.92 Å². The van der Waals surface area contributed by atoms with Crippen molar-refractivity contribution in [2.75, 3.05) is 23.4 Å². The lowest BCUT2D eigenvalue weighted by Crippen LogP contribution is -2.33. The van der Waals surface area contributed by atoms with Gasteiger partial charge in [-0.1, -0.05) is 13.3 Å². The highest BCUT2D eigenvalue weighted by Gasteiger charge is 2.18. The third kappa shape index (κ3) is 2.44. The molecule has 2 rings (SSSR count). The van der Waals surface area contributed by atoms with Gasteiger partial charge in [0.15, 0.2) is 0 Å².